The summed E-state index contributed by atoms with van der Waals surface area (Å²) in [5.41, 5.74) is 5.45. The molecular weight excluding hydrogens is 352 g/mol. The molecule has 2 aliphatic rings. The van der Waals surface area contributed by atoms with E-state index in [1.54, 1.807) is 7.11 Å². The summed E-state index contributed by atoms with van der Waals surface area (Å²) in [6, 6.07) is 12.5. The molecule has 0 radical (unpaired) electrons. The number of hydrogen-bond donors (Lipinski definition) is 1. The molecule has 2 aliphatic heterocycles. The highest BCUT2D eigenvalue weighted by molar-refractivity contribution is 5.89. The van der Waals surface area contributed by atoms with Crippen molar-refractivity contribution in [2.75, 3.05) is 20.2 Å². The number of fused-ring (bicyclic) bond motifs is 2. The minimum absolute atomic E-state index is 0.532. The van der Waals surface area contributed by atoms with Crippen LogP contribution in [0.5, 0.6) is 11.5 Å². The molecule has 2 aromatic carbocycles. The lowest BCUT2D eigenvalue weighted by Crippen LogP contribution is -2.50. The lowest BCUT2D eigenvalue weighted by Gasteiger charge is -2.41. The molecule has 0 amide bonds. The van der Waals surface area contributed by atoms with Crippen molar-refractivity contribution in [3.8, 4) is 22.6 Å². The number of benzene rings is 2. The third-order valence-corrected chi connectivity index (χ3v) is 5.83. The largest absolute Gasteiger partial charge is 0.493 e. The number of piperidine rings is 1. The van der Waals surface area contributed by atoms with Crippen LogP contribution in [0, 0.1) is 6.92 Å². The van der Waals surface area contributed by atoms with Crippen LogP contribution in [0.25, 0.3) is 22.0 Å². The number of nitrogens with zero attached hydrogens (tertiary/aromatic N) is 1. The molecule has 0 aliphatic carbocycles. The molecular formula is C23H24N2O3. The van der Waals surface area contributed by atoms with Crippen LogP contribution in [0.4, 0.5) is 0 Å². The number of methoxy groups -OCH3 is 1. The number of nitrogens with one attached hydrogen (secondary N) is 1. The Kier molecular flexibility index (Phi) is 4.22. The van der Waals surface area contributed by atoms with Crippen molar-refractivity contribution >= 4 is 10.9 Å². The fourth-order valence-electron chi connectivity index (χ4n) is 4.27. The van der Waals surface area contributed by atoms with E-state index < -0.39 is 5.79 Å². The van der Waals surface area contributed by atoms with Crippen molar-refractivity contribution < 1.29 is 14.2 Å². The van der Waals surface area contributed by atoms with E-state index in [1.165, 1.54) is 0 Å². The summed E-state index contributed by atoms with van der Waals surface area (Å²) in [7, 11) is 1.70. The quantitative estimate of drug-likeness (QED) is 0.726. The Morgan fingerprint density at radius 3 is 2.82 bits per heavy atom. The minimum Gasteiger partial charge on any atom is -0.493 e. The van der Waals surface area contributed by atoms with Gasteiger partial charge in [-0.05, 0) is 41.8 Å². The summed E-state index contributed by atoms with van der Waals surface area (Å²) in [4.78, 5) is 4.57. The predicted molar refractivity (Wildman–Crippen MR) is 109 cm³/mol. The van der Waals surface area contributed by atoms with Gasteiger partial charge in [-0.15, -0.1) is 0 Å². The van der Waals surface area contributed by atoms with E-state index in [0.717, 1.165) is 70.6 Å². The van der Waals surface area contributed by atoms with Gasteiger partial charge in [-0.2, -0.15) is 0 Å². The smallest absolute Gasteiger partial charge is 0.213 e. The fraction of sp³-hybridized carbons (Fsp3) is 0.348. The maximum Gasteiger partial charge on any atom is 0.213 e. The molecule has 1 spiro atoms. The van der Waals surface area contributed by atoms with Crippen LogP contribution in [-0.4, -0.2) is 31.0 Å². The van der Waals surface area contributed by atoms with Crippen molar-refractivity contribution in [1.29, 1.82) is 0 Å². The molecule has 1 fully saturated rings. The van der Waals surface area contributed by atoms with Gasteiger partial charge in [0.05, 0.1) is 19.2 Å². The van der Waals surface area contributed by atoms with Gasteiger partial charge >= 0.3 is 0 Å². The summed E-state index contributed by atoms with van der Waals surface area (Å²) in [5.74, 6) is 1.04. The van der Waals surface area contributed by atoms with Gasteiger partial charge in [-0.3, -0.25) is 4.98 Å². The van der Waals surface area contributed by atoms with Crippen molar-refractivity contribution in [1.82, 2.24) is 10.3 Å². The number of aryl methyl sites for hydroxylation is 1. The first kappa shape index (κ1) is 17.5. The molecule has 144 valence electrons. The molecule has 0 unspecified atom stereocenters. The van der Waals surface area contributed by atoms with Crippen molar-refractivity contribution in [3.05, 3.63) is 53.7 Å². The summed E-state index contributed by atoms with van der Waals surface area (Å²) >= 11 is 0. The van der Waals surface area contributed by atoms with Gasteiger partial charge < -0.3 is 19.5 Å². The molecule has 5 rings (SSSR count). The Labute approximate surface area is 164 Å². The van der Waals surface area contributed by atoms with Crippen LogP contribution in [0.2, 0.25) is 0 Å². The van der Waals surface area contributed by atoms with Crippen LogP contribution >= 0.6 is 0 Å². The van der Waals surface area contributed by atoms with E-state index in [1.807, 2.05) is 12.3 Å². The highest BCUT2D eigenvalue weighted by Gasteiger charge is 2.40. The van der Waals surface area contributed by atoms with Gasteiger partial charge in [-0.1, -0.05) is 18.2 Å². The summed E-state index contributed by atoms with van der Waals surface area (Å²) in [6.45, 7) is 4.45. The summed E-state index contributed by atoms with van der Waals surface area (Å²) in [6.07, 6.45) is 3.52. The maximum atomic E-state index is 6.37. The SMILES string of the molecule is COc1cc(-c2ccc3cccnc3c2C)cc2c1OC1(CCNCC1)OC2. The number of hydrogen-bond acceptors (Lipinski definition) is 5. The highest BCUT2D eigenvalue weighted by Crippen LogP contribution is 2.45. The molecule has 28 heavy (non-hydrogen) atoms. The van der Waals surface area contributed by atoms with E-state index in [-0.39, 0.29) is 0 Å². The molecule has 3 heterocycles. The number of rotatable bonds is 2. The molecule has 3 aromatic rings. The predicted octanol–water partition coefficient (Wildman–Crippen LogP) is 4.21. The van der Waals surface area contributed by atoms with Crippen LogP contribution in [0.3, 0.4) is 0 Å². The zero-order chi connectivity index (χ0) is 19.1. The van der Waals surface area contributed by atoms with Crippen LogP contribution < -0.4 is 14.8 Å². The first-order valence-electron chi connectivity index (χ1n) is 9.78. The molecule has 0 bridgehead atoms. The maximum absolute atomic E-state index is 6.37. The summed E-state index contributed by atoms with van der Waals surface area (Å²) < 4.78 is 18.3. The molecule has 5 heteroatoms. The zero-order valence-corrected chi connectivity index (χ0v) is 16.2. The average Bonchev–Trinajstić information content (AvgIpc) is 2.74. The Balaban J connectivity index is 1.59. The third-order valence-electron chi connectivity index (χ3n) is 5.83. The van der Waals surface area contributed by atoms with Crippen molar-refractivity contribution in [3.63, 3.8) is 0 Å². The number of pyridine rings is 1. The Morgan fingerprint density at radius 1 is 1.14 bits per heavy atom. The topological polar surface area (TPSA) is 52.6 Å². The monoisotopic (exact) mass is 376 g/mol. The van der Waals surface area contributed by atoms with Gasteiger partial charge in [-0.25, -0.2) is 0 Å². The third kappa shape index (κ3) is 2.82. The number of aromatic nitrogens is 1. The van der Waals surface area contributed by atoms with E-state index in [9.17, 15) is 0 Å². The first-order valence-corrected chi connectivity index (χ1v) is 9.78. The lowest BCUT2D eigenvalue weighted by molar-refractivity contribution is -0.219. The van der Waals surface area contributed by atoms with Gasteiger partial charge in [0, 0.05) is 43.1 Å². The van der Waals surface area contributed by atoms with Gasteiger partial charge in [0.1, 0.15) is 0 Å². The molecule has 5 nitrogen and oxygen atoms in total. The second-order valence-corrected chi connectivity index (χ2v) is 7.53. The summed E-state index contributed by atoms with van der Waals surface area (Å²) in [5, 5.41) is 4.51. The first-order chi connectivity index (χ1) is 13.7. The van der Waals surface area contributed by atoms with E-state index in [2.05, 4.69) is 47.6 Å². The van der Waals surface area contributed by atoms with E-state index in [0.29, 0.717) is 6.61 Å². The Hall–Kier alpha value is -2.63. The van der Waals surface area contributed by atoms with Gasteiger partial charge in [0.2, 0.25) is 5.79 Å². The van der Waals surface area contributed by atoms with Gasteiger partial charge in [0.15, 0.2) is 11.5 Å². The normalized spacial score (nSPS) is 17.9. The standard InChI is InChI=1S/C23H24N2O3/c1-15-19(6-5-16-4-3-9-25-21(15)16)17-12-18-14-27-23(7-10-24-11-8-23)28-22(18)20(13-17)26-2/h3-6,9,12-13,24H,7-8,10-11,14H2,1-2H3. The second-order valence-electron chi connectivity index (χ2n) is 7.53. The molecule has 0 saturated carbocycles. The minimum atomic E-state index is -0.532. The fourth-order valence-corrected chi connectivity index (χ4v) is 4.27. The van der Waals surface area contributed by atoms with Gasteiger partial charge in [0.25, 0.3) is 0 Å². The Morgan fingerprint density at radius 2 is 2.00 bits per heavy atom. The van der Waals surface area contributed by atoms with Crippen molar-refractivity contribution in [2.24, 2.45) is 0 Å². The van der Waals surface area contributed by atoms with Crippen LogP contribution in [-0.2, 0) is 11.3 Å². The van der Waals surface area contributed by atoms with Crippen molar-refractivity contribution in [2.45, 2.75) is 32.2 Å². The average molecular weight is 376 g/mol. The molecule has 1 N–H and O–H groups in total. The zero-order valence-electron chi connectivity index (χ0n) is 16.2. The highest BCUT2D eigenvalue weighted by atomic mass is 16.7. The molecule has 1 aromatic heterocycles. The van der Waals surface area contributed by atoms with E-state index in [4.69, 9.17) is 14.2 Å². The molecule has 0 atom stereocenters. The van der Waals surface area contributed by atoms with E-state index >= 15 is 0 Å². The molecule has 1 saturated heterocycles. The van der Waals surface area contributed by atoms with Crippen LogP contribution in [0.15, 0.2) is 42.6 Å². The number of ether oxygens (including phenoxy) is 3. The lowest BCUT2D eigenvalue weighted by atomic mass is 9.95. The second kappa shape index (κ2) is 6.76. The van der Waals surface area contributed by atoms with Crippen LogP contribution in [0.1, 0.15) is 24.0 Å². The Bertz CT molecular complexity index is 1020.